The van der Waals surface area contributed by atoms with Crippen molar-refractivity contribution in [2.45, 2.75) is 71.4 Å². The average Bonchev–Trinajstić information content (AvgIpc) is 3.55. The molecule has 0 aliphatic carbocycles. The Morgan fingerprint density at radius 1 is 1.00 bits per heavy atom. The fraction of sp³-hybridized carbons (Fsp3) is 0.341. The van der Waals surface area contributed by atoms with Crippen LogP contribution in [-0.2, 0) is 22.6 Å². The minimum Gasteiger partial charge on any atom is -0.481 e. The first-order chi connectivity index (χ1) is 25.8. The highest BCUT2D eigenvalue weighted by Crippen LogP contribution is 2.42. The fourth-order valence-electron chi connectivity index (χ4n) is 6.35. The Morgan fingerprint density at radius 3 is 2.31 bits per heavy atom. The SMILES string of the molecule is COc1nc(-c2cccc(-c3cccc(-c4cc5ncc(CNC[C@H](C)O)cc5cn4)c3Cl)c2Cl)ccc1CN(C[C@@H]1CCC(=O)N1)C(=O)OC(C)(C)C. The fourth-order valence-corrected chi connectivity index (χ4v) is 6.99. The van der Waals surface area contributed by atoms with Gasteiger partial charge in [-0.15, -0.1) is 0 Å². The van der Waals surface area contributed by atoms with E-state index in [1.54, 1.807) is 18.0 Å². The number of carbonyl (C=O) groups is 2. The van der Waals surface area contributed by atoms with E-state index in [1.807, 2.05) is 87.6 Å². The van der Waals surface area contributed by atoms with Crippen LogP contribution in [0, 0.1) is 0 Å². The summed E-state index contributed by atoms with van der Waals surface area (Å²) < 4.78 is 11.4. The number of carbonyl (C=O) groups excluding carboxylic acids is 2. The molecule has 2 amide bonds. The van der Waals surface area contributed by atoms with Crippen molar-refractivity contribution in [2.75, 3.05) is 20.2 Å². The summed E-state index contributed by atoms with van der Waals surface area (Å²) in [7, 11) is 1.53. The minimum atomic E-state index is -0.698. The van der Waals surface area contributed by atoms with Crippen LogP contribution in [0.5, 0.6) is 5.88 Å². The molecule has 1 aliphatic rings. The molecule has 0 unspecified atom stereocenters. The van der Waals surface area contributed by atoms with Gasteiger partial charge in [0.2, 0.25) is 11.8 Å². The normalized spacial score (nSPS) is 14.9. The minimum absolute atomic E-state index is 0.0315. The van der Waals surface area contributed by atoms with Crippen molar-refractivity contribution < 1.29 is 24.2 Å². The van der Waals surface area contributed by atoms with Gasteiger partial charge in [-0.1, -0.05) is 59.6 Å². The van der Waals surface area contributed by atoms with Gasteiger partial charge in [0, 0.05) is 77.7 Å². The molecule has 13 heteroatoms. The molecule has 0 saturated carbocycles. The van der Waals surface area contributed by atoms with Gasteiger partial charge < -0.3 is 30.1 Å². The number of aromatic nitrogens is 3. The number of rotatable bonds is 12. The van der Waals surface area contributed by atoms with E-state index in [2.05, 4.69) is 15.6 Å². The second-order valence-corrected chi connectivity index (χ2v) is 15.2. The van der Waals surface area contributed by atoms with E-state index < -0.39 is 17.8 Å². The number of ether oxygens (including phenoxy) is 2. The summed E-state index contributed by atoms with van der Waals surface area (Å²) in [6.45, 7) is 8.71. The zero-order valence-electron chi connectivity index (χ0n) is 31.0. The molecule has 5 aromatic rings. The van der Waals surface area contributed by atoms with Crippen molar-refractivity contribution in [2.24, 2.45) is 0 Å². The highest BCUT2D eigenvalue weighted by Gasteiger charge is 2.29. The Kier molecular flexibility index (Phi) is 12.0. The van der Waals surface area contributed by atoms with Crippen molar-refractivity contribution in [3.63, 3.8) is 0 Å². The predicted octanol–water partition coefficient (Wildman–Crippen LogP) is 7.83. The van der Waals surface area contributed by atoms with Gasteiger partial charge in [-0.2, -0.15) is 0 Å². The van der Waals surface area contributed by atoms with Gasteiger partial charge in [-0.05, 0) is 63.9 Å². The molecule has 6 rings (SSSR count). The lowest BCUT2D eigenvalue weighted by molar-refractivity contribution is -0.119. The first kappa shape index (κ1) is 38.9. The number of amides is 2. The molecule has 54 heavy (non-hydrogen) atoms. The number of aliphatic hydroxyl groups excluding tert-OH is 1. The van der Waals surface area contributed by atoms with Gasteiger partial charge in [0.1, 0.15) is 5.60 Å². The summed E-state index contributed by atoms with van der Waals surface area (Å²) in [5.41, 5.74) is 5.84. The average molecular weight is 772 g/mol. The number of hydrogen-bond donors (Lipinski definition) is 3. The maximum Gasteiger partial charge on any atom is 0.410 e. The molecule has 3 aromatic heterocycles. The smallest absolute Gasteiger partial charge is 0.410 e. The third-order valence-electron chi connectivity index (χ3n) is 8.90. The van der Waals surface area contributed by atoms with Gasteiger partial charge in [0.15, 0.2) is 0 Å². The van der Waals surface area contributed by atoms with E-state index in [4.69, 9.17) is 42.6 Å². The van der Waals surface area contributed by atoms with Crippen LogP contribution in [0.4, 0.5) is 4.79 Å². The van der Waals surface area contributed by atoms with Crippen LogP contribution in [0.1, 0.15) is 51.7 Å². The van der Waals surface area contributed by atoms with E-state index >= 15 is 0 Å². The molecule has 3 N–H and O–H groups in total. The summed E-state index contributed by atoms with van der Waals surface area (Å²) in [6, 6.07) is 18.9. The Balaban J connectivity index is 1.27. The Bertz CT molecular complexity index is 2170. The van der Waals surface area contributed by atoms with Gasteiger partial charge >= 0.3 is 6.09 Å². The number of methoxy groups -OCH3 is 1. The number of hydrogen-bond acceptors (Lipinski definition) is 9. The summed E-state index contributed by atoms with van der Waals surface area (Å²) in [5, 5.41) is 17.5. The van der Waals surface area contributed by atoms with Crippen LogP contribution in [-0.4, -0.2) is 74.9 Å². The van der Waals surface area contributed by atoms with Gasteiger partial charge in [0.05, 0.1) is 46.7 Å². The molecule has 282 valence electrons. The lowest BCUT2D eigenvalue weighted by Crippen LogP contribution is -2.43. The zero-order chi connectivity index (χ0) is 38.6. The molecule has 11 nitrogen and oxygen atoms in total. The van der Waals surface area contributed by atoms with Crippen molar-refractivity contribution in [1.29, 1.82) is 0 Å². The third kappa shape index (κ3) is 9.27. The molecule has 0 bridgehead atoms. The van der Waals surface area contributed by atoms with Crippen LogP contribution in [0.15, 0.2) is 73.1 Å². The quantitative estimate of drug-likeness (QED) is 0.116. The van der Waals surface area contributed by atoms with Crippen molar-refractivity contribution in [3.8, 4) is 39.5 Å². The number of nitrogens with one attached hydrogen (secondary N) is 2. The third-order valence-corrected chi connectivity index (χ3v) is 9.72. The number of pyridine rings is 3. The topological polar surface area (TPSA) is 139 Å². The van der Waals surface area contributed by atoms with E-state index in [-0.39, 0.29) is 25.0 Å². The van der Waals surface area contributed by atoms with Crippen LogP contribution >= 0.6 is 23.2 Å². The van der Waals surface area contributed by atoms with E-state index in [0.717, 1.165) is 27.6 Å². The summed E-state index contributed by atoms with van der Waals surface area (Å²) in [4.78, 5) is 40.9. The first-order valence-corrected chi connectivity index (χ1v) is 18.6. The number of halogens is 2. The highest BCUT2D eigenvalue weighted by atomic mass is 35.5. The Morgan fingerprint density at radius 2 is 1.69 bits per heavy atom. The highest BCUT2D eigenvalue weighted by molar-refractivity contribution is 6.39. The summed E-state index contributed by atoms with van der Waals surface area (Å²) >= 11 is 14.2. The predicted molar refractivity (Wildman–Crippen MR) is 211 cm³/mol. The Labute approximate surface area is 325 Å². The molecule has 0 radical (unpaired) electrons. The summed E-state index contributed by atoms with van der Waals surface area (Å²) in [5.74, 6) is 0.299. The first-order valence-electron chi connectivity index (χ1n) is 17.8. The zero-order valence-corrected chi connectivity index (χ0v) is 32.5. The number of nitrogens with zero attached hydrogens (tertiary/aromatic N) is 4. The van der Waals surface area contributed by atoms with Gasteiger partial charge in [0.25, 0.3) is 0 Å². The number of aliphatic hydroxyl groups is 1. The molecule has 2 atom stereocenters. The molecular weight excluding hydrogens is 727 g/mol. The second kappa shape index (κ2) is 16.7. The lowest BCUT2D eigenvalue weighted by Gasteiger charge is -2.29. The number of benzene rings is 2. The monoisotopic (exact) mass is 770 g/mol. The molecule has 0 spiro atoms. The maximum atomic E-state index is 13.3. The molecular formula is C41H44Cl2N6O5. The molecule has 1 aliphatic heterocycles. The van der Waals surface area contributed by atoms with Crippen molar-refractivity contribution in [1.82, 2.24) is 30.5 Å². The molecule has 1 saturated heterocycles. The van der Waals surface area contributed by atoms with E-state index in [9.17, 15) is 14.7 Å². The molecule has 1 fully saturated rings. The number of fused-ring (bicyclic) bond motifs is 1. The summed E-state index contributed by atoms with van der Waals surface area (Å²) in [6.07, 6.45) is 3.74. The van der Waals surface area contributed by atoms with Gasteiger partial charge in [-0.25, -0.2) is 9.78 Å². The second-order valence-electron chi connectivity index (χ2n) is 14.4. The lowest BCUT2D eigenvalue weighted by atomic mass is 9.98. The Hall–Kier alpha value is -4.81. The standard InChI is InChI=1S/C41H44Cl2N6O5/c1-24(50)18-44-19-25-16-27-21-46-35(17-34(27)45-20-25)32-11-7-9-30(38(32)43)29-8-6-10-31(37(29)42)33-14-12-26(39(48-33)53-5)22-49(40(52)54-41(2,3)4)23-28-13-15-36(51)47-28/h6-12,14,16-17,20-21,24,28,44,50H,13,15,18-19,22-23H2,1-5H3,(H,47,51)/t24-,28-/m0/s1. The van der Waals surface area contributed by atoms with Crippen molar-refractivity contribution >= 4 is 46.1 Å². The molecule has 2 aromatic carbocycles. The van der Waals surface area contributed by atoms with Crippen LogP contribution < -0.4 is 15.4 Å². The van der Waals surface area contributed by atoms with Crippen LogP contribution in [0.2, 0.25) is 10.0 Å². The van der Waals surface area contributed by atoms with Crippen LogP contribution in [0.3, 0.4) is 0 Å². The van der Waals surface area contributed by atoms with E-state index in [0.29, 0.717) is 69.9 Å². The van der Waals surface area contributed by atoms with Gasteiger partial charge in [-0.3, -0.25) is 14.8 Å². The van der Waals surface area contributed by atoms with E-state index in [1.165, 1.54) is 7.11 Å². The van der Waals surface area contributed by atoms with Crippen LogP contribution in [0.25, 0.3) is 44.5 Å². The molecule has 4 heterocycles. The largest absolute Gasteiger partial charge is 0.481 e. The van der Waals surface area contributed by atoms with Crippen molar-refractivity contribution in [3.05, 3.63) is 94.2 Å². The maximum absolute atomic E-state index is 13.3.